The van der Waals surface area contributed by atoms with Gasteiger partial charge in [0, 0.05) is 18.7 Å². The average molecular weight is 201 g/mol. The highest BCUT2D eigenvalue weighted by Gasteiger charge is 2.25. The lowest BCUT2D eigenvalue weighted by atomic mass is 9.82. The zero-order valence-corrected chi connectivity index (χ0v) is 9.31. The summed E-state index contributed by atoms with van der Waals surface area (Å²) < 4.78 is 1.74. The lowest BCUT2D eigenvalue weighted by Crippen LogP contribution is -2.19. The third-order valence-corrected chi connectivity index (χ3v) is 2.74. The van der Waals surface area contributed by atoms with Gasteiger partial charge in [-0.05, 0) is 5.56 Å². The van der Waals surface area contributed by atoms with Crippen LogP contribution in [0.1, 0.15) is 25.1 Å². The molecule has 2 aromatic rings. The van der Waals surface area contributed by atoms with Crippen LogP contribution in [0.5, 0.6) is 0 Å². The lowest BCUT2D eigenvalue weighted by Gasteiger charge is -2.22. The number of benzene rings is 1. The van der Waals surface area contributed by atoms with Crippen molar-refractivity contribution < 1.29 is 0 Å². The first-order valence-electron chi connectivity index (χ1n) is 5.03. The number of nitrogens with zero attached hydrogens (tertiary/aromatic N) is 3. The lowest BCUT2D eigenvalue weighted by molar-refractivity contribution is 0.613. The summed E-state index contributed by atoms with van der Waals surface area (Å²) >= 11 is 0. The summed E-state index contributed by atoms with van der Waals surface area (Å²) in [6.07, 6.45) is 1.97. The summed E-state index contributed by atoms with van der Waals surface area (Å²) in [6, 6.07) is 10.4. The fraction of sp³-hybridized carbons (Fsp3) is 0.333. The molecule has 0 bridgehead atoms. The summed E-state index contributed by atoms with van der Waals surface area (Å²) in [5, 5.41) is 8.15. The van der Waals surface area contributed by atoms with Crippen LogP contribution in [0.25, 0.3) is 0 Å². The van der Waals surface area contributed by atoms with E-state index in [2.05, 4.69) is 36.3 Å². The third-order valence-electron chi connectivity index (χ3n) is 2.74. The molecule has 1 aromatic heterocycles. The molecule has 78 valence electrons. The van der Waals surface area contributed by atoms with Gasteiger partial charge >= 0.3 is 0 Å². The molecule has 1 aromatic carbocycles. The van der Waals surface area contributed by atoms with Gasteiger partial charge in [-0.1, -0.05) is 49.4 Å². The normalized spacial score (nSPS) is 11.7. The molecule has 0 saturated heterocycles. The fourth-order valence-electron chi connectivity index (χ4n) is 1.64. The Bertz CT molecular complexity index is 443. The molecule has 0 atom stereocenters. The van der Waals surface area contributed by atoms with Crippen molar-refractivity contribution in [3.05, 3.63) is 47.8 Å². The van der Waals surface area contributed by atoms with Crippen LogP contribution >= 0.6 is 0 Å². The average Bonchev–Trinajstić information content (AvgIpc) is 2.67. The molecule has 3 nitrogen and oxygen atoms in total. The summed E-state index contributed by atoms with van der Waals surface area (Å²) in [4.78, 5) is 0. The van der Waals surface area contributed by atoms with E-state index >= 15 is 0 Å². The topological polar surface area (TPSA) is 30.7 Å². The van der Waals surface area contributed by atoms with Gasteiger partial charge in [-0.25, -0.2) is 0 Å². The number of aromatic nitrogens is 3. The van der Waals surface area contributed by atoms with E-state index in [4.69, 9.17) is 0 Å². The highest BCUT2D eigenvalue weighted by molar-refractivity contribution is 5.31. The second-order valence-electron chi connectivity index (χ2n) is 4.27. The molecule has 0 amide bonds. The van der Waals surface area contributed by atoms with Crippen molar-refractivity contribution in [1.82, 2.24) is 15.0 Å². The van der Waals surface area contributed by atoms with Gasteiger partial charge in [0.1, 0.15) is 0 Å². The number of hydrogen-bond acceptors (Lipinski definition) is 2. The Balaban J connectivity index is 2.43. The van der Waals surface area contributed by atoms with Crippen molar-refractivity contribution in [2.75, 3.05) is 0 Å². The molecule has 0 unspecified atom stereocenters. The predicted molar refractivity (Wildman–Crippen MR) is 59.6 cm³/mol. The standard InChI is InChI=1S/C12H15N3/c1-12(2,10-7-5-4-6-8-10)11-9-15(3)14-13-11/h4-9H,1-3H3. The highest BCUT2D eigenvalue weighted by atomic mass is 15.4. The molecular weight excluding hydrogens is 186 g/mol. The first-order chi connectivity index (χ1) is 7.10. The molecule has 0 fully saturated rings. The molecule has 15 heavy (non-hydrogen) atoms. The van der Waals surface area contributed by atoms with Crippen molar-refractivity contribution >= 4 is 0 Å². The molecule has 2 rings (SSSR count). The van der Waals surface area contributed by atoms with E-state index < -0.39 is 0 Å². The monoisotopic (exact) mass is 201 g/mol. The third kappa shape index (κ3) is 1.77. The quantitative estimate of drug-likeness (QED) is 0.745. The predicted octanol–water partition coefficient (Wildman–Crippen LogP) is 2.14. The van der Waals surface area contributed by atoms with Crippen LogP contribution in [-0.2, 0) is 12.5 Å². The Morgan fingerprint density at radius 3 is 2.33 bits per heavy atom. The van der Waals surface area contributed by atoms with Crippen LogP contribution in [0.2, 0.25) is 0 Å². The van der Waals surface area contributed by atoms with E-state index in [0.29, 0.717) is 0 Å². The number of hydrogen-bond donors (Lipinski definition) is 0. The van der Waals surface area contributed by atoms with Crippen LogP contribution < -0.4 is 0 Å². The van der Waals surface area contributed by atoms with Gasteiger partial charge in [-0.2, -0.15) is 0 Å². The molecule has 3 heteroatoms. The van der Waals surface area contributed by atoms with Crippen molar-refractivity contribution in [3.63, 3.8) is 0 Å². The van der Waals surface area contributed by atoms with E-state index in [0.717, 1.165) is 5.69 Å². The maximum atomic E-state index is 4.18. The van der Waals surface area contributed by atoms with Crippen LogP contribution in [0.3, 0.4) is 0 Å². The minimum Gasteiger partial charge on any atom is -0.255 e. The SMILES string of the molecule is Cn1cc(C(C)(C)c2ccccc2)nn1. The van der Waals surface area contributed by atoms with Gasteiger partial charge in [-0.3, -0.25) is 4.68 Å². The molecule has 0 N–H and O–H groups in total. The zero-order valence-electron chi connectivity index (χ0n) is 9.31. The van der Waals surface area contributed by atoms with Gasteiger partial charge in [0.15, 0.2) is 0 Å². The molecule has 0 aliphatic rings. The van der Waals surface area contributed by atoms with E-state index in [9.17, 15) is 0 Å². The van der Waals surface area contributed by atoms with Gasteiger partial charge in [0.05, 0.1) is 5.69 Å². The van der Waals surface area contributed by atoms with E-state index in [1.165, 1.54) is 5.56 Å². The number of rotatable bonds is 2. The summed E-state index contributed by atoms with van der Waals surface area (Å²) in [7, 11) is 1.89. The van der Waals surface area contributed by atoms with Gasteiger partial charge in [0.25, 0.3) is 0 Å². The van der Waals surface area contributed by atoms with Crippen molar-refractivity contribution in [3.8, 4) is 0 Å². The van der Waals surface area contributed by atoms with Crippen LogP contribution in [0, 0.1) is 0 Å². The molecule has 0 radical (unpaired) electrons. The first kappa shape index (κ1) is 9.90. The Hall–Kier alpha value is -1.64. The summed E-state index contributed by atoms with van der Waals surface area (Å²) in [5.41, 5.74) is 2.16. The molecule has 0 saturated carbocycles. The van der Waals surface area contributed by atoms with Gasteiger partial charge in [-0.15, -0.1) is 5.10 Å². The highest BCUT2D eigenvalue weighted by Crippen LogP contribution is 2.29. The first-order valence-corrected chi connectivity index (χ1v) is 5.03. The molecule has 1 heterocycles. The molecule has 0 aliphatic carbocycles. The van der Waals surface area contributed by atoms with Gasteiger partial charge < -0.3 is 0 Å². The maximum absolute atomic E-state index is 4.18. The Labute approximate surface area is 89.7 Å². The second kappa shape index (κ2) is 3.50. The molecule has 0 aliphatic heterocycles. The Morgan fingerprint density at radius 2 is 1.80 bits per heavy atom. The van der Waals surface area contributed by atoms with E-state index in [-0.39, 0.29) is 5.41 Å². The van der Waals surface area contributed by atoms with E-state index in [1.807, 2.05) is 31.4 Å². The maximum Gasteiger partial charge on any atom is 0.0926 e. The van der Waals surface area contributed by atoms with Crippen LogP contribution in [0.15, 0.2) is 36.5 Å². The largest absolute Gasteiger partial charge is 0.255 e. The second-order valence-corrected chi connectivity index (χ2v) is 4.27. The summed E-state index contributed by atoms with van der Waals surface area (Å²) in [6.45, 7) is 4.32. The van der Waals surface area contributed by atoms with Gasteiger partial charge in [0.2, 0.25) is 0 Å². The Morgan fingerprint density at radius 1 is 1.13 bits per heavy atom. The van der Waals surface area contributed by atoms with Crippen LogP contribution in [0.4, 0.5) is 0 Å². The van der Waals surface area contributed by atoms with Crippen molar-refractivity contribution in [1.29, 1.82) is 0 Å². The van der Waals surface area contributed by atoms with Crippen LogP contribution in [-0.4, -0.2) is 15.0 Å². The van der Waals surface area contributed by atoms with E-state index in [1.54, 1.807) is 4.68 Å². The fourth-order valence-corrected chi connectivity index (χ4v) is 1.64. The molecule has 0 spiro atoms. The molecular formula is C12H15N3. The number of aryl methyl sites for hydroxylation is 1. The van der Waals surface area contributed by atoms with Crippen molar-refractivity contribution in [2.24, 2.45) is 7.05 Å². The zero-order chi connectivity index (χ0) is 10.9. The smallest absolute Gasteiger partial charge is 0.0926 e. The van der Waals surface area contributed by atoms with Crippen molar-refractivity contribution in [2.45, 2.75) is 19.3 Å². The minimum absolute atomic E-state index is 0.0878. The minimum atomic E-state index is -0.0878. The Kier molecular flexibility index (Phi) is 2.31. The summed E-state index contributed by atoms with van der Waals surface area (Å²) in [5.74, 6) is 0.